The third kappa shape index (κ3) is 5.17. The smallest absolute Gasteiger partial charge is 0.329 e. The number of nitrogens with zero attached hydrogens (tertiary/aromatic N) is 2. The Balaban J connectivity index is 2.32. The first-order valence-electron chi connectivity index (χ1n) is 7.61. The Morgan fingerprint density at radius 3 is 2.48 bits per heavy atom. The number of aliphatic carboxylic acids is 1. The molecule has 1 aliphatic rings. The van der Waals surface area contributed by atoms with Crippen LogP contribution in [0, 0.1) is 0 Å². The summed E-state index contributed by atoms with van der Waals surface area (Å²) in [5.74, 6) is -1.000. The van der Waals surface area contributed by atoms with Crippen molar-refractivity contribution in [3.8, 4) is 0 Å². The lowest BCUT2D eigenvalue weighted by Gasteiger charge is -2.34. The molecule has 122 valence electrons. The Kier molecular flexibility index (Phi) is 6.91. The molecule has 21 heavy (non-hydrogen) atoms. The monoisotopic (exact) mass is 300 g/mol. The zero-order valence-electron chi connectivity index (χ0n) is 13.3. The SMILES string of the molecule is CCN(C(=O)NCCCN1CCNCC1)C(C)(C)C(=O)O. The van der Waals surface area contributed by atoms with Crippen molar-refractivity contribution < 1.29 is 14.7 Å². The standard InChI is InChI=1S/C14H28N4O3/c1-4-18(14(2,3)12(19)20)13(21)16-6-5-9-17-10-7-15-8-11-17/h15H,4-11H2,1-3H3,(H,16,21)(H,19,20). The van der Waals surface area contributed by atoms with Crippen molar-refractivity contribution in [2.45, 2.75) is 32.7 Å². The molecule has 1 heterocycles. The van der Waals surface area contributed by atoms with Crippen molar-refractivity contribution in [1.82, 2.24) is 20.4 Å². The Labute approximate surface area is 126 Å². The summed E-state index contributed by atoms with van der Waals surface area (Å²) in [6.45, 7) is 10.9. The molecule has 0 unspecified atom stereocenters. The lowest BCUT2D eigenvalue weighted by Crippen LogP contribution is -2.56. The van der Waals surface area contributed by atoms with Gasteiger partial charge in [-0.05, 0) is 33.7 Å². The second-order valence-electron chi connectivity index (χ2n) is 5.79. The highest BCUT2D eigenvalue weighted by Crippen LogP contribution is 2.14. The van der Waals surface area contributed by atoms with E-state index in [1.165, 1.54) is 4.90 Å². The fourth-order valence-corrected chi connectivity index (χ4v) is 2.44. The van der Waals surface area contributed by atoms with Crippen molar-refractivity contribution in [2.75, 3.05) is 45.8 Å². The van der Waals surface area contributed by atoms with Crippen molar-refractivity contribution in [1.29, 1.82) is 0 Å². The minimum atomic E-state index is -1.20. The number of hydrogen-bond acceptors (Lipinski definition) is 4. The molecule has 7 heteroatoms. The average molecular weight is 300 g/mol. The van der Waals surface area contributed by atoms with Crippen molar-refractivity contribution >= 4 is 12.0 Å². The van der Waals surface area contributed by atoms with E-state index < -0.39 is 11.5 Å². The van der Waals surface area contributed by atoms with Gasteiger partial charge in [0.15, 0.2) is 0 Å². The minimum Gasteiger partial charge on any atom is -0.480 e. The molecule has 0 atom stereocenters. The molecule has 1 fully saturated rings. The van der Waals surface area contributed by atoms with Gasteiger partial charge in [-0.1, -0.05) is 0 Å². The summed E-state index contributed by atoms with van der Waals surface area (Å²) in [4.78, 5) is 27.0. The maximum Gasteiger partial charge on any atom is 0.329 e. The van der Waals surface area contributed by atoms with Gasteiger partial charge in [-0.25, -0.2) is 9.59 Å². The molecule has 0 bridgehead atoms. The Bertz CT molecular complexity index is 354. The number of carbonyl (C=O) groups is 2. The quantitative estimate of drug-likeness (QED) is 0.584. The minimum absolute atomic E-state index is 0.315. The summed E-state index contributed by atoms with van der Waals surface area (Å²) in [7, 11) is 0. The van der Waals surface area contributed by atoms with Crippen LogP contribution in [0.2, 0.25) is 0 Å². The molecule has 1 saturated heterocycles. The van der Waals surface area contributed by atoms with Crippen molar-refractivity contribution in [3.63, 3.8) is 0 Å². The highest BCUT2D eigenvalue weighted by Gasteiger charge is 2.36. The van der Waals surface area contributed by atoms with Gasteiger partial charge in [0, 0.05) is 39.3 Å². The van der Waals surface area contributed by atoms with Gasteiger partial charge >= 0.3 is 12.0 Å². The average Bonchev–Trinajstić information content (AvgIpc) is 2.45. The van der Waals surface area contributed by atoms with Crippen LogP contribution in [0.1, 0.15) is 27.2 Å². The largest absolute Gasteiger partial charge is 0.480 e. The van der Waals surface area contributed by atoms with Crippen LogP contribution in [0.4, 0.5) is 4.79 Å². The van der Waals surface area contributed by atoms with Gasteiger partial charge in [-0.2, -0.15) is 0 Å². The molecule has 0 aromatic rings. The van der Waals surface area contributed by atoms with Crippen molar-refractivity contribution in [2.24, 2.45) is 0 Å². The summed E-state index contributed by atoms with van der Waals surface area (Å²) in [6, 6.07) is -0.315. The van der Waals surface area contributed by atoms with Crippen LogP contribution < -0.4 is 10.6 Å². The Morgan fingerprint density at radius 2 is 1.95 bits per heavy atom. The predicted octanol–water partition coefficient (Wildman–Crippen LogP) is 0.176. The van der Waals surface area contributed by atoms with E-state index in [0.717, 1.165) is 39.1 Å². The molecule has 0 saturated carbocycles. The van der Waals surface area contributed by atoms with E-state index in [1.54, 1.807) is 20.8 Å². The van der Waals surface area contributed by atoms with E-state index in [2.05, 4.69) is 15.5 Å². The van der Waals surface area contributed by atoms with Gasteiger partial charge in [-0.15, -0.1) is 0 Å². The van der Waals surface area contributed by atoms with Crippen LogP contribution in [0.5, 0.6) is 0 Å². The second kappa shape index (κ2) is 8.19. The lowest BCUT2D eigenvalue weighted by atomic mass is 10.0. The molecular formula is C14H28N4O3. The molecule has 3 N–H and O–H groups in total. The highest BCUT2D eigenvalue weighted by atomic mass is 16.4. The third-order valence-electron chi connectivity index (χ3n) is 3.90. The third-order valence-corrected chi connectivity index (χ3v) is 3.90. The summed E-state index contributed by atoms with van der Waals surface area (Å²) >= 11 is 0. The molecule has 0 aromatic heterocycles. The molecule has 0 aromatic carbocycles. The normalized spacial score (nSPS) is 16.5. The van der Waals surface area contributed by atoms with Crippen LogP contribution in [0.15, 0.2) is 0 Å². The molecule has 7 nitrogen and oxygen atoms in total. The van der Waals surface area contributed by atoms with Gasteiger partial charge in [0.2, 0.25) is 0 Å². The number of rotatable bonds is 7. The van der Waals surface area contributed by atoms with Crippen LogP contribution in [0.3, 0.4) is 0 Å². The fraction of sp³-hybridized carbons (Fsp3) is 0.857. The lowest BCUT2D eigenvalue weighted by molar-refractivity contribution is -0.147. The summed E-state index contributed by atoms with van der Waals surface area (Å²) in [6.07, 6.45) is 0.872. The number of carbonyl (C=O) groups excluding carboxylic acids is 1. The molecule has 1 aliphatic heterocycles. The number of carboxylic acids is 1. The van der Waals surface area contributed by atoms with Crippen LogP contribution in [0.25, 0.3) is 0 Å². The number of urea groups is 1. The fourth-order valence-electron chi connectivity index (χ4n) is 2.44. The van der Waals surface area contributed by atoms with Gasteiger partial charge in [0.05, 0.1) is 0 Å². The highest BCUT2D eigenvalue weighted by molar-refractivity contribution is 5.85. The Hall–Kier alpha value is -1.34. The predicted molar refractivity (Wildman–Crippen MR) is 81.4 cm³/mol. The first-order valence-corrected chi connectivity index (χ1v) is 7.61. The molecule has 0 radical (unpaired) electrons. The van der Waals surface area contributed by atoms with Crippen LogP contribution in [-0.2, 0) is 4.79 Å². The number of nitrogens with one attached hydrogen (secondary N) is 2. The Morgan fingerprint density at radius 1 is 1.33 bits per heavy atom. The number of piperazine rings is 1. The summed E-state index contributed by atoms with van der Waals surface area (Å²) in [5.41, 5.74) is -1.20. The molecule has 0 spiro atoms. The van der Waals surface area contributed by atoms with E-state index in [1.807, 2.05) is 0 Å². The van der Waals surface area contributed by atoms with Gasteiger partial charge in [0.25, 0.3) is 0 Å². The second-order valence-corrected chi connectivity index (χ2v) is 5.79. The summed E-state index contributed by atoms with van der Waals surface area (Å²) < 4.78 is 0. The van der Waals surface area contributed by atoms with E-state index in [9.17, 15) is 14.7 Å². The molecule has 0 aliphatic carbocycles. The zero-order chi connectivity index (χ0) is 15.9. The van der Waals surface area contributed by atoms with Crippen LogP contribution in [-0.4, -0.2) is 78.3 Å². The van der Waals surface area contributed by atoms with Gasteiger partial charge < -0.3 is 25.5 Å². The van der Waals surface area contributed by atoms with Crippen LogP contribution >= 0.6 is 0 Å². The van der Waals surface area contributed by atoms with Gasteiger partial charge in [0.1, 0.15) is 5.54 Å². The molecule has 1 rings (SSSR count). The first kappa shape index (κ1) is 17.7. The first-order chi connectivity index (χ1) is 9.89. The van der Waals surface area contributed by atoms with Gasteiger partial charge in [-0.3, -0.25) is 0 Å². The number of amides is 2. The van der Waals surface area contributed by atoms with Crippen molar-refractivity contribution in [3.05, 3.63) is 0 Å². The zero-order valence-corrected chi connectivity index (χ0v) is 13.3. The topological polar surface area (TPSA) is 84.9 Å². The number of carboxylic acid groups (broad SMARTS) is 1. The molecule has 2 amide bonds. The number of hydrogen-bond donors (Lipinski definition) is 3. The van der Waals surface area contributed by atoms with E-state index in [4.69, 9.17) is 0 Å². The molecular weight excluding hydrogens is 272 g/mol. The maximum atomic E-state index is 12.1. The van der Waals surface area contributed by atoms with E-state index in [0.29, 0.717) is 13.1 Å². The number of likely N-dealkylation sites (N-methyl/N-ethyl adjacent to an activating group) is 1. The van der Waals surface area contributed by atoms with E-state index in [-0.39, 0.29) is 6.03 Å². The summed E-state index contributed by atoms with van der Waals surface area (Å²) in [5, 5.41) is 15.3. The van der Waals surface area contributed by atoms with E-state index >= 15 is 0 Å². The maximum absolute atomic E-state index is 12.1.